The summed E-state index contributed by atoms with van der Waals surface area (Å²) < 4.78 is 18.3. The number of furan rings is 1. The molecule has 0 fully saturated rings. The Morgan fingerprint density at radius 1 is 1.09 bits per heavy atom. The second kappa shape index (κ2) is 9.64. The van der Waals surface area contributed by atoms with Gasteiger partial charge in [-0.3, -0.25) is 9.36 Å². The number of hydrogen-bond donors (Lipinski definition) is 1. The van der Waals surface area contributed by atoms with Gasteiger partial charge in [-0.05, 0) is 43.2 Å². The fourth-order valence-electron chi connectivity index (χ4n) is 3.70. The van der Waals surface area contributed by atoms with Crippen molar-refractivity contribution in [1.82, 2.24) is 20.1 Å². The predicted octanol–water partition coefficient (Wildman–Crippen LogP) is 4.42. The van der Waals surface area contributed by atoms with Crippen LogP contribution in [-0.4, -0.2) is 32.7 Å². The molecule has 174 valence electrons. The Hall–Kier alpha value is -3.72. The molecule has 0 aliphatic carbocycles. The number of fused-ring (bicyclic) bond motifs is 1. The summed E-state index contributed by atoms with van der Waals surface area (Å²) in [5.41, 5.74) is 2.95. The second-order valence-corrected chi connectivity index (χ2v) is 9.24. The first-order chi connectivity index (χ1) is 16.6. The Kier molecular flexibility index (Phi) is 6.27. The largest absolute Gasteiger partial charge is 0.469 e. The minimum Gasteiger partial charge on any atom is -0.469 e. The van der Waals surface area contributed by atoms with Crippen LogP contribution in [0.15, 0.2) is 70.4 Å². The zero-order valence-corrected chi connectivity index (χ0v) is 19.7. The summed E-state index contributed by atoms with van der Waals surface area (Å²) in [4.78, 5) is 12.9. The molecule has 0 saturated heterocycles. The highest BCUT2D eigenvalue weighted by Gasteiger charge is 2.22. The van der Waals surface area contributed by atoms with E-state index in [4.69, 9.17) is 13.9 Å². The van der Waals surface area contributed by atoms with E-state index >= 15 is 0 Å². The average molecular weight is 477 g/mol. The maximum absolute atomic E-state index is 12.9. The van der Waals surface area contributed by atoms with Crippen LogP contribution in [0.1, 0.15) is 23.8 Å². The van der Waals surface area contributed by atoms with Gasteiger partial charge >= 0.3 is 0 Å². The highest BCUT2D eigenvalue weighted by molar-refractivity contribution is 8.00. The lowest BCUT2D eigenvalue weighted by Crippen LogP contribution is -2.30. The number of aromatic nitrogens is 3. The molecule has 0 bridgehead atoms. The summed E-state index contributed by atoms with van der Waals surface area (Å²) in [6.07, 6.45) is 1.64. The van der Waals surface area contributed by atoms with Crippen LogP contribution in [0.2, 0.25) is 0 Å². The fraction of sp³-hybridized carbons (Fsp3) is 0.240. The van der Waals surface area contributed by atoms with Crippen molar-refractivity contribution in [1.29, 1.82) is 0 Å². The Morgan fingerprint density at radius 2 is 1.91 bits per heavy atom. The molecule has 9 heteroatoms. The van der Waals surface area contributed by atoms with E-state index in [9.17, 15) is 4.79 Å². The molecule has 34 heavy (non-hydrogen) atoms. The van der Waals surface area contributed by atoms with Crippen LogP contribution >= 0.6 is 11.8 Å². The van der Waals surface area contributed by atoms with Crippen LogP contribution in [0.4, 0.5) is 0 Å². The van der Waals surface area contributed by atoms with E-state index in [1.807, 2.05) is 60.9 Å². The van der Waals surface area contributed by atoms with Crippen molar-refractivity contribution >= 4 is 17.7 Å². The topological polar surface area (TPSA) is 91.4 Å². The third kappa shape index (κ3) is 4.65. The quantitative estimate of drug-likeness (QED) is 0.376. The molecule has 0 spiro atoms. The van der Waals surface area contributed by atoms with Crippen molar-refractivity contribution in [2.24, 2.45) is 0 Å². The zero-order valence-electron chi connectivity index (χ0n) is 18.9. The molecule has 3 heterocycles. The van der Waals surface area contributed by atoms with Crippen molar-refractivity contribution in [3.05, 3.63) is 77.7 Å². The number of nitrogens with zero attached hydrogens (tertiary/aromatic N) is 3. The smallest absolute Gasteiger partial charge is 0.233 e. The number of carbonyl (C=O) groups is 1. The van der Waals surface area contributed by atoms with E-state index in [0.29, 0.717) is 29.8 Å². The lowest BCUT2D eigenvalue weighted by Gasteiger charge is -2.14. The van der Waals surface area contributed by atoms with Crippen LogP contribution in [0.3, 0.4) is 0 Å². The molecule has 2 aromatic heterocycles. The van der Waals surface area contributed by atoms with Gasteiger partial charge < -0.3 is 19.2 Å². The Bertz CT molecular complexity index is 1300. The van der Waals surface area contributed by atoms with Crippen molar-refractivity contribution < 1.29 is 18.7 Å². The van der Waals surface area contributed by atoms with Crippen LogP contribution in [-0.2, 0) is 17.9 Å². The van der Waals surface area contributed by atoms with Gasteiger partial charge in [0.25, 0.3) is 0 Å². The van der Waals surface area contributed by atoms with Crippen LogP contribution in [0.25, 0.3) is 11.4 Å². The number of carbonyl (C=O) groups excluding carboxylic acids is 1. The average Bonchev–Trinajstić information content (AvgIpc) is 3.58. The normalized spacial score (nSPS) is 13.1. The number of aryl methyl sites for hydroxylation is 1. The summed E-state index contributed by atoms with van der Waals surface area (Å²) >= 11 is 1.38. The molecular weight excluding hydrogens is 452 g/mol. The highest BCUT2D eigenvalue weighted by Crippen LogP contribution is 2.33. The van der Waals surface area contributed by atoms with E-state index in [0.717, 1.165) is 28.2 Å². The minimum absolute atomic E-state index is 0.0852. The zero-order chi connectivity index (χ0) is 23.5. The van der Waals surface area contributed by atoms with Gasteiger partial charge in [0.1, 0.15) is 5.76 Å². The number of amides is 1. The number of benzene rings is 2. The first-order valence-electron chi connectivity index (χ1n) is 10.9. The number of ether oxygens (including phenoxy) is 2. The van der Waals surface area contributed by atoms with E-state index in [1.165, 1.54) is 11.8 Å². The van der Waals surface area contributed by atoms with Crippen molar-refractivity contribution in [3.8, 4) is 22.9 Å². The Morgan fingerprint density at radius 3 is 2.71 bits per heavy atom. The predicted molar refractivity (Wildman–Crippen MR) is 128 cm³/mol. The van der Waals surface area contributed by atoms with Crippen LogP contribution < -0.4 is 14.8 Å². The summed E-state index contributed by atoms with van der Waals surface area (Å²) in [6, 6.07) is 17.6. The van der Waals surface area contributed by atoms with E-state index in [2.05, 4.69) is 27.6 Å². The molecule has 1 aliphatic rings. The molecule has 1 amide bonds. The van der Waals surface area contributed by atoms with Crippen LogP contribution in [0, 0.1) is 6.92 Å². The summed E-state index contributed by atoms with van der Waals surface area (Å²) in [6.45, 7) is 4.97. The Balaban J connectivity index is 1.31. The van der Waals surface area contributed by atoms with E-state index in [1.54, 1.807) is 6.26 Å². The molecule has 4 aromatic rings. The lowest BCUT2D eigenvalue weighted by molar-refractivity contribution is -0.120. The SMILES string of the molecule is Cc1occc1-c1nnc(S[C@H](C)C(=O)NCc2ccc3c(c2)OCO3)n1Cc1ccccc1. The molecule has 0 radical (unpaired) electrons. The second-order valence-electron chi connectivity index (χ2n) is 7.93. The molecule has 1 aliphatic heterocycles. The maximum Gasteiger partial charge on any atom is 0.233 e. The van der Waals surface area contributed by atoms with Gasteiger partial charge in [-0.1, -0.05) is 48.2 Å². The van der Waals surface area contributed by atoms with Crippen LogP contribution in [0.5, 0.6) is 11.5 Å². The standard InChI is InChI=1S/C25H24N4O4S/c1-16-20(10-11-31-16)23-27-28-25(29(23)14-18-6-4-3-5-7-18)34-17(2)24(30)26-13-19-8-9-21-22(12-19)33-15-32-21/h3-12,17H,13-15H2,1-2H3,(H,26,30)/t17-/m1/s1. The maximum atomic E-state index is 12.9. The van der Waals surface area contributed by atoms with E-state index in [-0.39, 0.29) is 18.0 Å². The number of thioether (sulfide) groups is 1. The minimum atomic E-state index is -0.369. The molecule has 1 atom stereocenters. The lowest BCUT2D eigenvalue weighted by atomic mass is 10.2. The molecule has 0 unspecified atom stereocenters. The molecule has 0 saturated carbocycles. The van der Waals surface area contributed by atoms with Gasteiger partial charge in [0.15, 0.2) is 22.5 Å². The van der Waals surface area contributed by atoms with Crippen molar-refractivity contribution in [2.45, 2.75) is 37.3 Å². The number of rotatable bonds is 8. The summed E-state index contributed by atoms with van der Waals surface area (Å²) in [5.74, 6) is 2.82. The van der Waals surface area contributed by atoms with Gasteiger partial charge in [0, 0.05) is 6.54 Å². The summed E-state index contributed by atoms with van der Waals surface area (Å²) in [5, 5.41) is 12.1. The first kappa shape index (κ1) is 22.1. The molecule has 5 rings (SSSR count). The molecule has 2 aromatic carbocycles. The monoisotopic (exact) mass is 476 g/mol. The molecule has 8 nitrogen and oxygen atoms in total. The van der Waals surface area contributed by atoms with Crippen molar-refractivity contribution in [2.75, 3.05) is 6.79 Å². The summed E-state index contributed by atoms with van der Waals surface area (Å²) in [7, 11) is 0. The third-order valence-corrected chi connectivity index (χ3v) is 6.64. The highest BCUT2D eigenvalue weighted by atomic mass is 32.2. The Labute approximate surface area is 201 Å². The van der Waals surface area contributed by atoms with Gasteiger partial charge in [0.05, 0.1) is 23.6 Å². The number of hydrogen-bond acceptors (Lipinski definition) is 7. The number of nitrogens with one attached hydrogen (secondary N) is 1. The first-order valence-corrected chi connectivity index (χ1v) is 11.8. The van der Waals surface area contributed by atoms with E-state index < -0.39 is 0 Å². The molecular formula is C25H24N4O4S. The van der Waals surface area contributed by atoms with Gasteiger partial charge in [0.2, 0.25) is 12.7 Å². The fourth-order valence-corrected chi connectivity index (χ4v) is 4.57. The molecule has 1 N–H and O–H groups in total. The van der Waals surface area contributed by atoms with Crippen molar-refractivity contribution in [3.63, 3.8) is 0 Å². The van der Waals surface area contributed by atoms with Gasteiger partial charge in [-0.15, -0.1) is 10.2 Å². The van der Waals surface area contributed by atoms with Gasteiger partial charge in [-0.2, -0.15) is 0 Å². The third-order valence-electron chi connectivity index (χ3n) is 5.56. The van der Waals surface area contributed by atoms with Gasteiger partial charge in [-0.25, -0.2) is 0 Å².